The molecular weight excluding hydrogens is 375 g/mol. The molecule has 0 saturated heterocycles. The fraction of sp³-hybridized carbons (Fsp3) is 0.176. The molecule has 0 unspecified atom stereocenters. The van der Waals surface area contributed by atoms with Gasteiger partial charge in [-0.2, -0.15) is 13.2 Å². The maximum Gasteiger partial charge on any atom is 0.420 e. The maximum atomic E-state index is 13.2. The molecule has 2 rings (SSSR count). The van der Waals surface area contributed by atoms with Gasteiger partial charge in [0.15, 0.2) is 0 Å². The number of amides is 1. The van der Waals surface area contributed by atoms with Gasteiger partial charge >= 0.3 is 12.1 Å². The fourth-order valence-electron chi connectivity index (χ4n) is 2.13. The number of carboxylic acid groups (broad SMARTS) is 1. The van der Waals surface area contributed by atoms with Crippen LogP contribution in [0, 0.1) is 0 Å². The molecular formula is C17H13ClF3NO4. The van der Waals surface area contributed by atoms with Gasteiger partial charge in [-0.05, 0) is 43.3 Å². The van der Waals surface area contributed by atoms with Crippen LogP contribution in [0.2, 0.25) is 5.02 Å². The van der Waals surface area contributed by atoms with Gasteiger partial charge in [-0.25, -0.2) is 4.79 Å². The van der Waals surface area contributed by atoms with E-state index in [1.54, 1.807) is 0 Å². The Balaban J connectivity index is 2.34. The summed E-state index contributed by atoms with van der Waals surface area (Å²) in [7, 11) is 0. The Bertz CT molecular complexity index is 835. The zero-order valence-electron chi connectivity index (χ0n) is 13.4. The number of hydrogen-bond donors (Lipinski definition) is 2. The largest absolute Gasteiger partial charge is 0.492 e. The summed E-state index contributed by atoms with van der Waals surface area (Å²) in [6.45, 7) is 1.49. The first-order chi connectivity index (χ1) is 12.1. The van der Waals surface area contributed by atoms with Gasteiger partial charge in [0, 0.05) is 11.3 Å². The van der Waals surface area contributed by atoms with Crippen LogP contribution in [-0.4, -0.2) is 23.6 Å². The van der Waals surface area contributed by atoms with E-state index in [4.69, 9.17) is 21.4 Å². The van der Waals surface area contributed by atoms with Crippen LogP contribution in [0.25, 0.3) is 0 Å². The number of halogens is 4. The molecule has 0 aliphatic carbocycles. The van der Waals surface area contributed by atoms with Crippen molar-refractivity contribution in [1.29, 1.82) is 0 Å². The average Bonchev–Trinajstić information content (AvgIpc) is 2.56. The van der Waals surface area contributed by atoms with E-state index in [-0.39, 0.29) is 28.4 Å². The lowest BCUT2D eigenvalue weighted by Gasteiger charge is -2.16. The highest BCUT2D eigenvalue weighted by Gasteiger charge is 2.36. The molecule has 0 radical (unpaired) electrons. The summed E-state index contributed by atoms with van der Waals surface area (Å²) in [5.74, 6) is -2.51. The fourth-order valence-corrected chi connectivity index (χ4v) is 2.40. The van der Waals surface area contributed by atoms with E-state index in [9.17, 15) is 22.8 Å². The minimum atomic E-state index is -4.76. The number of carbonyl (C=O) groups is 2. The second kappa shape index (κ2) is 7.65. The third kappa shape index (κ3) is 4.45. The number of ether oxygens (including phenoxy) is 1. The highest BCUT2D eigenvalue weighted by atomic mass is 35.5. The first-order valence-electron chi connectivity index (χ1n) is 7.31. The van der Waals surface area contributed by atoms with Crippen molar-refractivity contribution < 1.29 is 32.6 Å². The predicted molar refractivity (Wildman–Crippen MR) is 89.0 cm³/mol. The molecule has 0 bridgehead atoms. The molecule has 0 aliphatic heterocycles. The zero-order chi connectivity index (χ0) is 19.5. The summed E-state index contributed by atoms with van der Waals surface area (Å²) in [5, 5.41) is 10.9. The van der Waals surface area contributed by atoms with Gasteiger partial charge in [0.25, 0.3) is 5.91 Å². The quantitative estimate of drug-likeness (QED) is 0.779. The number of anilines is 1. The minimum Gasteiger partial charge on any atom is -0.492 e. The molecule has 9 heteroatoms. The summed E-state index contributed by atoms with van der Waals surface area (Å²) in [4.78, 5) is 23.0. The number of alkyl halides is 3. The van der Waals surface area contributed by atoms with Gasteiger partial charge in [0.2, 0.25) is 0 Å². The first kappa shape index (κ1) is 19.6. The molecule has 0 fully saturated rings. The lowest BCUT2D eigenvalue weighted by atomic mass is 10.1. The lowest BCUT2D eigenvalue weighted by molar-refractivity contribution is -0.138. The smallest absolute Gasteiger partial charge is 0.420 e. The van der Waals surface area contributed by atoms with Gasteiger partial charge in [0.05, 0.1) is 22.8 Å². The van der Waals surface area contributed by atoms with E-state index >= 15 is 0 Å². The third-order valence-electron chi connectivity index (χ3n) is 3.29. The number of nitrogens with one attached hydrogen (secondary N) is 1. The molecule has 0 aliphatic rings. The summed E-state index contributed by atoms with van der Waals surface area (Å²) in [6, 6.07) is 6.87. The van der Waals surface area contributed by atoms with Crippen LogP contribution >= 0.6 is 11.6 Å². The van der Waals surface area contributed by atoms with Crippen LogP contribution in [0.5, 0.6) is 5.75 Å². The van der Waals surface area contributed by atoms with Crippen molar-refractivity contribution in [1.82, 2.24) is 0 Å². The highest BCUT2D eigenvalue weighted by molar-refractivity contribution is 6.32. The second-order valence-corrected chi connectivity index (χ2v) is 5.51. The number of carbonyl (C=O) groups excluding carboxylic acids is 1. The molecule has 26 heavy (non-hydrogen) atoms. The maximum absolute atomic E-state index is 13.2. The zero-order valence-corrected chi connectivity index (χ0v) is 14.1. The molecule has 5 nitrogen and oxygen atoms in total. The summed E-state index contributed by atoms with van der Waals surface area (Å²) in [5.41, 5.74) is -1.24. The van der Waals surface area contributed by atoms with Gasteiger partial charge in [0.1, 0.15) is 5.75 Å². The standard InChI is InChI=1S/C17H13ClF3NO4/c1-2-26-14-12(17(19,20)21)7-10(8-13(14)18)15(23)22-11-5-3-9(4-6-11)16(24)25/h3-8H,2H2,1H3,(H,22,23)(H,24,25). The van der Waals surface area contributed by atoms with E-state index in [1.165, 1.54) is 31.2 Å². The molecule has 0 heterocycles. The monoisotopic (exact) mass is 387 g/mol. The van der Waals surface area contributed by atoms with Gasteiger partial charge in [-0.15, -0.1) is 0 Å². The van der Waals surface area contributed by atoms with Gasteiger partial charge in [-0.3, -0.25) is 4.79 Å². The van der Waals surface area contributed by atoms with Crippen molar-refractivity contribution in [3.63, 3.8) is 0 Å². The normalized spacial score (nSPS) is 11.1. The number of aromatic carboxylic acids is 1. The van der Waals surface area contributed by atoms with Crippen LogP contribution in [-0.2, 0) is 6.18 Å². The molecule has 0 spiro atoms. The summed E-state index contributed by atoms with van der Waals surface area (Å²) >= 11 is 5.85. The van der Waals surface area contributed by atoms with Crippen LogP contribution < -0.4 is 10.1 Å². The van der Waals surface area contributed by atoms with Crippen LogP contribution in [0.4, 0.5) is 18.9 Å². The average molecular weight is 388 g/mol. The molecule has 0 atom stereocenters. The number of carboxylic acids is 1. The lowest BCUT2D eigenvalue weighted by Crippen LogP contribution is -2.15. The Labute approximate surface area is 151 Å². The van der Waals surface area contributed by atoms with Gasteiger partial charge < -0.3 is 15.2 Å². The van der Waals surface area contributed by atoms with E-state index in [2.05, 4.69) is 5.32 Å². The second-order valence-electron chi connectivity index (χ2n) is 5.10. The topological polar surface area (TPSA) is 75.6 Å². The van der Waals surface area contributed by atoms with Gasteiger partial charge in [-0.1, -0.05) is 11.6 Å². The Morgan fingerprint density at radius 2 is 1.77 bits per heavy atom. The van der Waals surface area contributed by atoms with Crippen molar-refractivity contribution in [2.45, 2.75) is 13.1 Å². The minimum absolute atomic E-state index is 0.00599. The summed E-state index contributed by atoms with van der Waals surface area (Å²) < 4.78 is 44.6. The Hall–Kier alpha value is -2.74. The Kier molecular flexibility index (Phi) is 5.76. The van der Waals surface area contributed by atoms with E-state index in [0.29, 0.717) is 6.07 Å². The third-order valence-corrected chi connectivity index (χ3v) is 3.57. The van der Waals surface area contributed by atoms with Crippen LogP contribution in [0.3, 0.4) is 0 Å². The molecule has 1 amide bonds. The van der Waals surface area contributed by atoms with E-state index in [0.717, 1.165) is 6.07 Å². The number of rotatable bonds is 5. The molecule has 0 aromatic heterocycles. The Morgan fingerprint density at radius 1 is 1.15 bits per heavy atom. The number of hydrogen-bond acceptors (Lipinski definition) is 3. The highest BCUT2D eigenvalue weighted by Crippen LogP contribution is 2.41. The van der Waals surface area contributed by atoms with E-state index in [1.807, 2.05) is 0 Å². The van der Waals surface area contributed by atoms with Crippen LogP contribution in [0.15, 0.2) is 36.4 Å². The van der Waals surface area contributed by atoms with Crippen molar-refractivity contribution >= 4 is 29.2 Å². The van der Waals surface area contributed by atoms with Crippen molar-refractivity contribution in [2.75, 3.05) is 11.9 Å². The molecule has 2 aromatic carbocycles. The van der Waals surface area contributed by atoms with Crippen molar-refractivity contribution in [3.05, 3.63) is 58.1 Å². The van der Waals surface area contributed by atoms with E-state index < -0.39 is 29.4 Å². The van der Waals surface area contributed by atoms with Crippen LogP contribution in [0.1, 0.15) is 33.2 Å². The Morgan fingerprint density at radius 3 is 2.27 bits per heavy atom. The molecule has 2 N–H and O–H groups in total. The first-order valence-corrected chi connectivity index (χ1v) is 7.69. The van der Waals surface area contributed by atoms with Crippen molar-refractivity contribution in [3.8, 4) is 5.75 Å². The van der Waals surface area contributed by atoms with Crippen molar-refractivity contribution in [2.24, 2.45) is 0 Å². The summed E-state index contributed by atoms with van der Waals surface area (Å²) in [6.07, 6.45) is -4.76. The molecule has 138 valence electrons. The number of benzene rings is 2. The predicted octanol–water partition coefficient (Wildman–Crippen LogP) is 4.71. The molecule has 2 aromatic rings. The SMILES string of the molecule is CCOc1c(Cl)cc(C(=O)Nc2ccc(C(=O)O)cc2)cc1C(F)(F)F. The molecule has 0 saturated carbocycles.